The Bertz CT molecular complexity index is 312. The van der Waals surface area contributed by atoms with Crippen LogP contribution < -0.4 is 5.32 Å². The van der Waals surface area contributed by atoms with Gasteiger partial charge in [0, 0.05) is 6.04 Å². The van der Waals surface area contributed by atoms with Gasteiger partial charge < -0.3 is 9.15 Å². The smallest absolute Gasteiger partial charge is 0.175 e. The SMILES string of the molecule is CC1COC(C)(c2ccc(Br)o2)N1. The first-order valence-electron chi connectivity index (χ1n) is 4.27. The standard InChI is InChI=1S/C9H12BrNO2/c1-6-5-12-9(2,11-6)7-3-4-8(10)13-7/h3-4,6,11H,5H2,1-2H3. The van der Waals surface area contributed by atoms with E-state index < -0.39 is 5.72 Å². The Morgan fingerprint density at radius 1 is 1.62 bits per heavy atom. The molecule has 4 heteroatoms. The van der Waals surface area contributed by atoms with Crippen LogP contribution in [0.2, 0.25) is 0 Å². The summed E-state index contributed by atoms with van der Waals surface area (Å²) in [7, 11) is 0. The molecule has 0 bridgehead atoms. The van der Waals surface area contributed by atoms with Crippen LogP contribution in [0.5, 0.6) is 0 Å². The van der Waals surface area contributed by atoms with Gasteiger partial charge in [0.15, 0.2) is 16.2 Å². The van der Waals surface area contributed by atoms with Crippen LogP contribution in [0.1, 0.15) is 19.6 Å². The maximum absolute atomic E-state index is 5.63. The molecule has 2 unspecified atom stereocenters. The van der Waals surface area contributed by atoms with Gasteiger partial charge in [-0.25, -0.2) is 0 Å². The quantitative estimate of drug-likeness (QED) is 0.825. The topological polar surface area (TPSA) is 34.4 Å². The molecule has 72 valence electrons. The van der Waals surface area contributed by atoms with Gasteiger partial charge in [0.05, 0.1) is 6.61 Å². The number of nitrogens with one attached hydrogen (secondary N) is 1. The summed E-state index contributed by atoms with van der Waals surface area (Å²) < 4.78 is 11.8. The molecular weight excluding hydrogens is 234 g/mol. The highest BCUT2D eigenvalue weighted by Gasteiger charge is 2.37. The zero-order chi connectivity index (χ0) is 9.47. The van der Waals surface area contributed by atoms with Gasteiger partial charge in [-0.15, -0.1) is 0 Å². The van der Waals surface area contributed by atoms with Crippen molar-refractivity contribution in [2.75, 3.05) is 6.61 Å². The Hall–Kier alpha value is -0.320. The Morgan fingerprint density at radius 3 is 2.85 bits per heavy atom. The lowest BCUT2D eigenvalue weighted by molar-refractivity contribution is -0.0159. The molecule has 0 aliphatic carbocycles. The van der Waals surface area contributed by atoms with Crippen molar-refractivity contribution in [3.05, 3.63) is 22.6 Å². The fourth-order valence-electron chi connectivity index (χ4n) is 1.56. The Labute approximate surface area is 85.6 Å². The number of ether oxygens (including phenoxy) is 1. The van der Waals surface area contributed by atoms with Gasteiger partial charge in [-0.3, -0.25) is 5.32 Å². The molecule has 0 radical (unpaired) electrons. The zero-order valence-electron chi connectivity index (χ0n) is 7.63. The van der Waals surface area contributed by atoms with E-state index in [-0.39, 0.29) is 0 Å². The molecule has 0 spiro atoms. The van der Waals surface area contributed by atoms with Crippen LogP contribution in [0.4, 0.5) is 0 Å². The fraction of sp³-hybridized carbons (Fsp3) is 0.556. The van der Waals surface area contributed by atoms with Crippen molar-refractivity contribution in [1.29, 1.82) is 0 Å². The molecule has 0 amide bonds. The molecule has 3 nitrogen and oxygen atoms in total. The molecule has 1 N–H and O–H groups in total. The first-order valence-corrected chi connectivity index (χ1v) is 5.07. The van der Waals surface area contributed by atoms with E-state index in [0.29, 0.717) is 6.04 Å². The zero-order valence-corrected chi connectivity index (χ0v) is 9.22. The van der Waals surface area contributed by atoms with E-state index in [1.54, 1.807) is 0 Å². The maximum Gasteiger partial charge on any atom is 0.175 e. The molecule has 1 fully saturated rings. The fourth-order valence-corrected chi connectivity index (χ4v) is 1.86. The molecule has 0 saturated carbocycles. The van der Waals surface area contributed by atoms with Gasteiger partial charge in [0.1, 0.15) is 0 Å². The first-order chi connectivity index (χ1) is 6.10. The summed E-state index contributed by atoms with van der Waals surface area (Å²) in [5, 5.41) is 3.32. The van der Waals surface area contributed by atoms with Crippen molar-refractivity contribution >= 4 is 15.9 Å². The second kappa shape index (κ2) is 3.12. The molecule has 0 aromatic carbocycles. The Morgan fingerprint density at radius 2 is 2.38 bits per heavy atom. The Kier molecular flexibility index (Phi) is 2.21. The monoisotopic (exact) mass is 245 g/mol. The molecule has 1 aromatic heterocycles. The normalized spacial score (nSPS) is 33.9. The number of halogens is 1. The van der Waals surface area contributed by atoms with Gasteiger partial charge in [0.2, 0.25) is 0 Å². The van der Waals surface area contributed by atoms with E-state index in [1.165, 1.54) is 0 Å². The highest BCUT2D eigenvalue weighted by molar-refractivity contribution is 9.10. The number of hydrogen-bond donors (Lipinski definition) is 1. The summed E-state index contributed by atoms with van der Waals surface area (Å²) in [6, 6.07) is 4.15. The summed E-state index contributed by atoms with van der Waals surface area (Å²) in [4.78, 5) is 0. The lowest BCUT2D eigenvalue weighted by Gasteiger charge is -2.20. The second-order valence-electron chi connectivity index (χ2n) is 3.49. The van der Waals surface area contributed by atoms with Gasteiger partial charge in [-0.1, -0.05) is 0 Å². The summed E-state index contributed by atoms with van der Waals surface area (Å²) >= 11 is 3.27. The summed E-state index contributed by atoms with van der Waals surface area (Å²) in [6.07, 6.45) is 0. The number of furan rings is 1. The van der Waals surface area contributed by atoms with E-state index >= 15 is 0 Å². The van der Waals surface area contributed by atoms with E-state index in [9.17, 15) is 0 Å². The van der Waals surface area contributed by atoms with E-state index in [1.807, 2.05) is 19.1 Å². The van der Waals surface area contributed by atoms with Crippen LogP contribution in [0, 0.1) is 0 Å². The van der Waals surface area contributed by atoms with Crippen molar-refractivity contribution in [1.82, 2.24) is 5.32 Å². The van der Waals surface area contributed by atoms with Gasteiger partial charge >= 0.3 is 0 Å². The average Bonchev–Trinajstić information content (AvgIpc) is 2.60. The summed E-state index contributed by atoms with van der Waals surface area (Å²) in [6.45, 7) is 4.78. The molecular formula is C9H12BrNO2. The van der Waals surface area contributed by atoms with Crippen LogP contribution >= 0.6 is 15.9 Å². The lowest BCUT2D eigenvalue weighted by Crippen LogP contribution is -2.37. The molecule has 2 rings (SSSR count). The van der Waals surface area contributed by atoms with Gasteiger partial charge in [0.25, 0.3) is 0 Å². The minimum absolute atomic E-state index is 0.369. The molecule has 1 saturated heterocycles. The third-order valence-corrected chi connectivity index (χ3v) is 2.61. The lowest BCUT2D eigenvalue weighted by atomic mass is 10.2. The van der Waals surface area contributed by atoms with Crippen molar-refractivity contribution in [2.45, 2.75) is 25.6 Å². The first kappa shape index (κ1) is 9.24. The third kappa shape index (κ3) is 1.66. The van der Waals surface area contributed by atoms with Crippen molar-refractivity contribution in [3.8, 4) is 0 Å². The van der Waals surface area contributed by atoms with Crippen LogP contribution in [0.3, 0.4) is 0 Å². The average molecular weight is 246 g/mol. The maximum atomic E-state index is 5.63. The highest BCUT2D eigenvalue weighted by Crippen LogP contribution is 2.30. The molecule has 1 aliphatic rings. The minimum Gasteiger partial charge on any atom is -0.450 e. The highest BCUT2D eigenvalue weighted by atomic mass is 79.9. The predicted molar refractivity (Wildman–Crippen MR) is 52.3 cm³/mol. The van der Waals surface area contributed by atoms with E-state index in [4.69, 9.17) is 9.15 Å². The minimum atomic E-state index is -0.467. The number of rotatable bonds is 1. The molecule has 2 heterocycles. The third-order valence-electron chi connectivity index (χ3n) is 2.19. The molecule has 1 aliphatic heterocycles. The summed E-state index contributed by atoms with van der Waals surface area (Å²) in [5.41, 5.74) is -0.467. The van der Waals surface area contributed by atoms with Gasteiger partial charge in [-0.05, 0) is 41.9 Å². The van der Waals surface area contributed by atoms with Crippen molar-refractivity contribution in [3.63, 3.8) is 0 Å². The molecule has 13 heavy (non-hydrogen) atoms. The second-order valence-corrected chi connectivity index (χ2v) is 4.27. The molecule has 1 aromatic rings. The van der Waals surface area contributed by atoms with Crippen LogP contribution in [-0.4, -0.2) is 12.6 Å². The van der Waals surface area contributed by atoms with Crippen LogP contribution in [-0.2, 0) is 10.5 Å². The molecule has 2 atom stereocenters. The van der Waals surface area contributed by atoms with E-state index in [0.717, 1.165) is 17.0 Å². The largest absolute Gasteiger partial charge is 0.450 e. The summed E-state index contributed by atoms with van der Waals surface area (Å²) in [5.74, 6) is 0.809. The Balaban J connectivity index is 2.25. The van der Waals surface area contributed by atoms with Crippen LogP contribution in [0.25, 0.3) is 0 Å². The van der Waals surface area contributed by atoms with E-state index in [2.05, 4.69) is 28.2 Å². The van der Waals surface area contributed by atoms with Crippen LogP contribution in [0.15, 0.2) is 21.2 Å². The van der Waals surface area contributed by atoms with Crippen molar-refractivity contribution in [2.24, 2.45) is 0 Å². The van der Waals surface area contributed by atoms with Gasteiger partial charge in [-0.2, -0.15) is 0 Å². The van der Waals surface area contributed by atoms with Crippen molar-refractivity contribution < 1.29 is 9.15 Å². The number of hydrogen-bond acceptors (Lipinski definition) is 3. The predicted octanol–water partition coefficient (Wildman–Crippen LogP) is 2.22.